The van der Waals surface area contributed by atoms with Gasteiger partial charge in [-0.25, -0.2) is 0 Å². The molecule has 3 nitrogen and oxygen atoms in total. The maximum atomic E-state index is 11.0. The average molecular weight is 171 g/mol. The molecule has 1 rings (SSSR count). The van der Waals surface area contributed by atoms with E-state index in [-0.39, 0.29) is 6.04 Å². The van der Waals surface area contributed by atoms with E-state index in [9.17, 15) is 4.79 Å². The van der Waals surface area contributed by atoms with Crippen LogP contribution in [0.5, 0.6) is 0 Å². The summed E-state index contributed by atoms with van der Waals surface area (Å²) in [6.45, 7) is 1.95. The van der Waals surface area contributed by atoms with Gasteiger partial charge in [0, 0.05) is 6.04 Å². The number of hydrogen-bond acceptors (Lipinski definition) is 2. The zero-order valence-corrected chi connectivity index (χ0v) is 7.55. The number of nitrogens with two attached hydrogens (primary N) is 1. The number of aliphatic carboxylic acids is 1. The van der Waals surface area contributed by atoms with Crippen LogP contribution in [0.4, 0.5) is 0 Å². The molecule has 1 aliphatic rings. The molecule has 0 heterocycles. The minimum atomic E-state index is -0.642. The van der Waals surface area contributed by atoms with Gasteiger partial charge in [0.25, 0.3) is 0 Å². The third-order valence-electron chi connectivity index (χ3n) is 3.12. The van der Waals surface area contributed by atoms with Crippen LogP contribution in [0.1, 0.15) is 39.0 Å². The van der Waals surface area contributed by atoms with E-state index >= 15 is 0 Å². The molecule has 0 bridgehead atoms. The van der Waals surface area contributed by atoms with Gasteiger partial charge in [-0.1, -0.05) is 6.92 Å². The third kappa shape index (κ3) is 1.61. The molecule has 0 aromatic carbocycles. The minimum Gasteiger partial charge on any atom is -0.481 e. The van der Waals surface area contributed by atoms with Crippen LogP contribution in [0.3, 0.4) is 0 Å². The summed E-state index contributed by atoms with van der Waals surface area (Å²) in [5, 5.41) is 9.03. The van der Waals surface area contributed by atoms with Gasteiger partial charge < -0.3 is 10.8 Å². The molecule has 3 heteroatoms. The fourth-order valence-electron chi connectivity index (χ4n) is 1.91. The van der Waals surface area contributed by atoms with Gasteiger partial charge in [-0.2, -0.15) is 0 Å². The Morgan fingerprint density at radius 1 is 1.58 bits per heavy atom. The lowest BCUT2D eigenvalue weighted by Gasteiger charge is -2.34. The van der Waals surface area contributed by atoms with E-state index in [2.05, 4.69) is 0 Å². The first kappa shape index (κ1) is 9.52. The molecule has 0 aromatic rings. The van der Waals surface area contributed by atoms with Gasteiger partial charge in [0.05, 0.1) is 5.41 Å². The van der Waals surface area contributed by atoms with Gasteiger partial charge in [0.15, 0.2) is 0 Å². The summed E-state index contributed by atoms with van der Waals surface area (Å²) in [5.74, 6) is -0.642. The summed E-state index contributed by atoms with van der Waals surface area (Å²) in [5.41, 5.74) is 5.26. The lowest BCUT2D eigenvalue weighted by Crippen LogP contribution is -2.38. The van der Waals surface area contributed by atoms with Gasteiger partial charge in [-0.05, 0) is 32.1 Å². The van der Waals surface area contributed by atoms with Crippen molar-refractivity contribution in [3.05, 3.63) is 0 Å². The van der Waals surface area contributed by atoms with Gasteiger partial charge in [-0.3, -0.25) is 4.79 Å². The second-order valence-corrected chi connectivity index (χ2v) is 3.78. The summed E-state index contributed by atoms with van der Waals surface area (Å²) in [4.78, 5) is 11.0. The van der Waals surface area contributed by atoms with Crippen molar-refractivity contribution < 1.29 is 9.90 Å². The molecule has 1 aliphatic carbocycles. The van der Waals surface area contributed by atoms with Crippen molar-refractivity contribution in [3.63, 3.8) is 0 Å². The van der Waals surface area contributed by atoms with E-state index in [0.717, 1.165) is 32.1 Å². The van der Waals surface area contributed by atoms with E-state index in [0.29, 0.717) is 0 Å². The predicted octanol–water partition coefficient (Wildman–Crippen LogP) is 1.37. The Kier molecular flexibility index (Phi) is 2.73. The van der Waals surface area contributed by atoms with Crippen LogP contribution in [0, 0.1) is 5.41 Å². The number of rotatable bonds is 2. The van der Waals surface area contributed by atoms with Gasteiger partial charge in [0.2, 0.25) is 0 Å². The zero-order valence-electron chi connectivity index (χ0n) is 7.55. The fraction of sp³-hybridized carbons (Fsp3) is 0.889. The Labute approximate surface area is 72.9 Å². The second kappa shape index (κ2) is 3.44. The quantitative estimate of drug-likeness (QED) is 0.659. The molecular weight excluding hydrogens is 154 g/mol. The van der Waals surface area contributed by atoms with Crippen molar-refractivity contribution in [2.24, 2.45) is 11.1 Å². The predicted molar refractivity (Wildman–Crippen MR) is 46.8 cm³/mol. The number of carbonyl (C=O) groups is 1. The van der Waals surface area contributed by atoms with Crippen molar-refractivity contribution in [3.8, 4) is 0 Å². The Balaban J connectivity index is 2.63. The highest BCUT2D eigenvalue weighted by Gasteiger charge is 2.39. The van der Waals surface area contributed by atoms with E-state index in [1.54, 1.807) is 0 Å². The molecule has 3 N–H and O–H groups in total. The van der Waals surface area contributed by atoms with E-state index in [1.165, 1.54) is 0 Å². The molecule has 0 spiro atoms. The molecule has 0 saturated heterocycles. The number of carboxylic acids is 1. The number of hydrogen-bond donors (Lipinski definition) is 2. The maximum absolute atomic E-state index is 11.0. The summed E-state index contributed by atoms with van der Waals surface area (Å²) < 4.78 is 0. The van der Waals surface area contributed by atoms with Crippen LogP contribution in [-0.4, -0.2) is 17.1 Å². The highest BCUT2D eigenvalue weighted by molar-refractivity contribution is 5.74. The molecule has 1 fully saturated rings. The first-order valence-electron chi connectivity index (χ1n) is 4.60. The second-order valence-electron chi connectivity index (χ2n) is 3.78. The summed E-state index contributed by atoms with van der Waals surface area (Å²) >= 11 is 0. The Morgan fingerprint density at radius 3 is 2.42 bits per heavy atom. The lowest BCUT2D eigenvalue weighted by molar-refractivity contribution is -0.151. The standard InChI is InChI=1S/C9H17NO2/c1-2-9(8(11)12)5-3-7(10)4-6-9/h7H,2-6,10H2,1H3,(H,11,12). The Morgan fingerprint density at radius 2 is 2.08 bits per heavy atom. The van der Waals surface area contributed by atoms with Crippen LogP contribution >= 0.6 is 0 Å². The zero-order chi connectivity index (χ0) is 9.19. The first-order chi connectivity index (χ1) is 5.60. The molecule has 0 atom stereocenters. The number of carboxylic acid groups (broad SMARTS) is 1. The molecule has 0 aliphatic heterocycles. The minimum absolute atomic E-state index is 0.226. The largest absolute Gasteiger partial charge is 0.481 e. The molecule has 12 heavy (non-hydrogen) atoms. The molecule has 1 saturated carbocycles. The molecule has 0 radical (unpaired) electrons. The van der Waals surface area contributed by atoms with Crippen LogP contribution < -0.4 is 5.73 Å². The van der Waals surface area contributed by atoms with Crippen LogP contribution in [-0.2, 0) is 4.79 Å². The first-order valence-corrected chi connectivity index (χ1v) is 4.60. The van der Waals surface area contributed by atoms with Crippen LogP contribution in [0.2, 0.25) is 0 Å². The normalized spacial score (nSPS) is 36.3. The van der Waals surface area contributed by atoms with Gasteiger partial charge >= 0.3 is 5.97 Å². The third-order valence-corrected chi connectivity index (χ3v) is 3.12. The molecule has 0 amide bonds. The molecule has 0 unspecified atom stereocenters. The lowest BCUT2D eigenvalue weighted by atomic mass is 9.71. The van der Waals surface area contributed by atoms with Crippen molar-refractivity contribution in [1.29, 1.82) is 0 Å². The van der Waals surface area contributed by atoms with Crippen LogP contribution in [0.25, 0.3) is 0 Å². The SMILES string of the molecule is CCC1(C(=O)O)CCC(N)CC1. The summed E-state index contributed by atoms with van der Waals surface area (Å²) in [6.07, 6.45) is 3.95. The van der Waals surface area contributed by atoms with Crippen molar-refractivity contribution in [2.45, 2.75) is 45.1 Å². The van der Waals surface area contributed by atoms with Crippen molar-refractivity contribution in [2.75, 3.05) is 0 Å². The summed E-state index contributed by atoms with van der Waals surface area (Å²) in [7, 11) is 0. The summed E-state index contributed by atoms with van der Waals surface area (Å²) in [6, 6.07) is 0.226. The average Bonchev–Trinajstić information content (AvgIpc) is 2.06. The molecule has 70 valence electrons. The Bertz CT molecular complexity index is 171. The van der Waals surface area contributed by atoms with Crippen molar-refractivity contribution >= 4 is 5.97 Å². The van der Waals surface area contributed by atoms with E-state index in [4.69, 9.17) is 10.8 Å². The Hall–Kier alpha value is -0.570. The fourth-order valence-corrected chi connectivity index (χ4v) is 1.91. The molecular formula is C9H17NO2. The monoisotopic (exact) mass is 171 g/mol. The maximum Gasteiger partial charge on any atom is 0.309 e. The van der Waals surface area contributed by atoms with Gasteiger partial charge in [0.1, 0.15) is 0 Å². The van der Waals surface area contributed by atoms with E-state index < -0.39 is 11.4 Å². The van der Waals surface area contributed by atoms with Crippen LogP contribution in [0.15, 0.2) is 0 Å². The highest BCUT2D eigenvalue weighted by Crippen LogP contribution is 2.38. The smallest absolute Gasteiger partial charge is 0.309 e. The topological polar surface area (TPSA) is 63.3 Å². The van der Waals surface area contributed by atoms with E-state index in [1.807, 2.05) is 6.92 Å². The van der Waals surface area contributed by atoms with Crippen molar-refractivity contribution in [1.82, 2.24) is 0 Å². The highest BCUT2D eigenvalue weighted by atomic mass is 16.4. The molecule has 0 aromatic heterocycles. The van der Waals surface area contributed by atoms with Gasteiger partial charge in [-0.15, -0.1) is 0 Å².